The molecule has 1 atom stereocenters. The van der Waals surface area contributed by atoms with Crippen LogP contribution < -0.4 is 14.8 Å². The van der Waals surface area contributed by atoms with Crippen molar-refractivity contribution in [1.29, 1.82) is 0 Å². The molecule has 1 N–H and O–H groups in total. The lowest BCUT2D eigenvalue weighted by molar-refractivity contribution is -0.141. The Kier molecular flexibility index (Phi) is 10.3. The maximum Gasteiger partial charge on any atom is 0.243 e. The van der Waals surface area contributed by atoms with E-state index in [4.69, 9.17) is 21.1 Å². The first-order valence-electron chi connectivity index (χ1n) is 10.9. The molecule has 0 saturated heterocycles. The van der Waals surface area contributed by atoms with Crippen LogP contribution in [-0.2, 0) is 16.1 Å². The van der Waals surface area contributed by atoms with Gasteiger partial charge in [0.2, 0.25) is 11.8 Å². The molecule has 0 aliphatic rings. The maximum atomic E-state index is 13.2. The maximum absolute atomic E-state index is 13.2. The fraction of sp³-hybridized carbons (Fsp3) is 0.440. The monoisotopic (exact) mass is 460 g/mol. The number of hydrogen-bond donors (Lipinski definition) is 1. The van der Waals surface area contributed by atoms with Crippen molar-refractivity contribution in [3.05, 3.63) is 59.1 Å². The summed E-state index contributed by atoms with van der Waals surface area (Å²) < 4.78 is 11.0. The topological polar surface area (TPSA) is 67.9 Å². The number of nitrogens with one attached hydrogen (secondary N) is 1. The highest BCUT2D eigenvalue weighted by Crippen LogP contribution is 2.19. The second-order valence-electron chi connectivity index (χ2n) is 7.87. The molecule has 174 valence electrons. The highest BCUT2D eigenvalue weighted by atomic mass is 35.5. The number of nitrogens with zero attached hydrogens (tertiary/aromatic N) is 1. The summed E-state index contributed by atoms with van der Waals surface area (Å²) in [6.45, 7) is 6.47. The van der Waals surface area contributed by atoms with E-state index in [-0.39, 0.29) is 24.3 Å². The number of methoxy groups -OCH3 is 1. The van der Waals surface area contributed by atoms with Crippen molar-refractivity contribution in [3.8, 4) is 11.5 Å². The van der Waals surface area contributed by atoms with Crippen LogP contribution in [0.4, 0.5) is 0 Å². The van der Waals surface area contributed by atoms with E-state index in [0.29, 0.717) is 42.5 Å². The number of carbonyl (C=O) groups excluding carboxylic acids is 2. The molecule has 0 aliphatic carbocycles. The van der Waals surface area contributed by atoms with E-state index in [9.17, 15) is 9.59 Å². The van der Waals surface area contributed by atoms with E-state index in [1.165, 1.54) is 0 Å². The lowest BCUT2D eigenvalue weighted by Crippen LogP contribution is -2.50. The number of amides is 2. The van der Waals surface area contributed by atoms with Crippen molar-refractivity contribution in [2.24, 2.45) is 0 Å². The summed E-state index contributed by atoms with van der Waals surface area (Å²) in [6.07, 6.45) is 1.34. The third-order valence-electron chi connectivity index (χ3n) is 4.92. The summed E-state index contributed by atoms with van der Waals surface area (Å²) in [5.41, 5.74) is 0.908. The number of benzene rings is 2. The Hall–Kier alpha value is -2.73. The van der Waals surface area contributed by atoms with E-state index in [1.807, 2.05) is 45.0 Å². The molecular formula is C25H33ClN2O4. The second-order valence-corrected chi connectivity index (χ2v) is 8.30. The van der Waals surface area contributed by atoms with Crippen LogP contribution >= 0.6 is 11.6 Å². The molecule has 2 rings (SSSR count). The summed E-state index contributed by atoms with van der Waals surface area (Å²) in [6, 6.07) is 14.1. The molecule has 2 aromatic carbocycles. The van der Waals surface area contributed by atoms with Gasteiger partial charge < -0.3 is 19.7 Å². The van der Waals surface area contributed by atoms with Crippen LogP contribution in [0.2, 0.25) is 5.02 Å². The quantitative estimate of drug-likeness (QED) is 0.460. The van der Waals surface area contributed by atoms with E-state index < -0.39 is 6.04 Å². The van der Waals surface area contributed by atoms with Gasteiger partial charge in [-0.1, -0.05) is 30.7 Å². The van der Waals surface area contributed by atoms with Gasteiger partial charge in [-0.3, -0.25) is 9.59 Å². The molecule has 0 saturated carbocycles. The normalized spacial score (nSPS) is 11.7. The van der Waals surface area contributed by atoms with Crippen LogP contribution in [0.25, 0.3) is 0 Å². The standard InChI is InChI=1S/C25H33ClN2O4/c1-5-23(25(30)27-18(2)3)28(17-19-8-6-9-22(16-19)31-4)24(29)10-7-15-32-21-13-11-20(26)12-14-21/h6,8-9,11-14,16,18,23H,5,7,10,15,17H2,1-4H3,(H,27,30)/t23-/m1/s1. The van der Waals surface area contributed by atoms with Gasteiger partial charge in [0, 0.05) is 24.0 Å². The molecule has 32 heavy (non-hydrogen) atoms. The summed E-state index contributed by atoms with van der Waals surface area (Å²) in [4.78, 5) is 27.7. The minimum Gasteiger partial charge on any atom is -0.497 e. The Morgan fingerprint density at radius 3 is 2.44 bits per heavy atom. The van der Waals surface area contributed by atoms with Crippen LogP contribution in [0.1, 0.15) is 45.6 Å². The van der Waals surface area contributed by atoms with Crippen molar-refractivity contribution in [2.45, 2.75) is 58.7 Å². The number of rotatable bonds is 12. The van der Waals surface area contributed by atoms with Crippen molar-refractivity contribution in [3.63, 3.8) is 0 Å². The van der Waals surface area contributed by atoms with Crippen LogP contribution in [0.15, 0.2) is 48.5 Å². The molecule has 6 nitrogen and oxygen atoms in total. The minimum absolute atomic E-state index is 0.00176. The third-order valence-corrected chi connectivity index (χ3v) is 5.17. The van der Waals surface area contributed by atoms with Crippen LogP contribution in [0.5, 0.6) is 11.5 Å². The third kappa shape index (κ3) is 8.08. The average Bonchev–Trinajstić information content (AvgIpc) is 2.77. The Bertz CT molecular complexity index is 871. The van der Waals surface area contributed by atoms with Crippen molar-refractivity contribution < 1.29 is 19.1 Å². The molecule has 0 bridgehead atoms. The Balaban J connectivity index is 2.07. The average molecular weight is 461 g/mol. The smallest absolute Gasteiger partial charge is 0.243 e. The van der Waals surface area contributed by atoms with Crippen molar-refractivity contribution >= 4 is 23.4 Å². The summed E-state index contributed by atoms with van der Waals surface area (Å²) in [5, 5.41) is 3.58. The zero-order chi connectivity index (χ0) is 23.5. The lowest BCUT2D eigenvalue weighted by Gasteiger charge is -2.31. The first-order valence-corrected chi connectivity index (χ1v) is 11.3. The van der Waals surface area contributed by atoms with Crippen LogP contribution in [0, 0.1) is 0 Å². The molecule has 2 aromatic rings. The predicted molar refractivity (Wildman–Crippen MR) is 127 cm³/mol. The molecule has 0 fully saturated rings. The lowest BCUT2D eigenvalue weighted by atomic mass is 10.1. The van der Waals surface area contributed by atoms with Gasteiger partial charge in [0.25, 0.3) is 0 Å². The zero-order valence-electron chi connectivity index (χ0n) is 19.3. The Labute approximate surface area is 195 Å². The number of carbonyl (C=O) groups is 2. The molecule has 0 heterocycles. The largest absolute Gasteiger partial charge is 0.497 e. The molecule has 0 spiro atoms. The summed E-state index contributed by atoms with van der Waals surface area (Å²) in [7, 11) is 1.60. The minimum atomic E-state index is -0.548. The van der Waals surface area contributed by atoms with E-state index in [2.05, 4.69) is 5.32 Å². The molecular weight excluding hydrogens is 428 g/mol. The number of hydrogen-bond acceptors (Lipinski definition) is 4. The first kappa shape index (κ1) is 25.5. The molecule has 0 unspecified atom stereocenters. The number of halogens is 1. The van der Waals surface area contributed by atoms with Crippen molar-refractivity contribution in [1.82, 2.24) is 10.2 Å². The van der Waals surface area contributed by atoms with Gasteiger partial charge >= 0.3 is 0 Å². The zero-order valence-corrected chi connectivity index (χ0v) is 20.0. The van der Waals surface area contributed by atoms with Crippen LogP contribution in [-0.4, -0.2) is 42.5 Å². The fourth-order valence-electron chi connectivity index (χ4n) is 3.36. The number of ether oxygens (including phenoxy) is 2. The van der Waals surface area contributed by atoms with Gasteiger partial charge in [-0.25, -0.2) is 0 Å². The Morgan fingerprint density at radius 1 is 1.09 bits per heavy atom. The van der Waals surface area contributed by atoms with Gasteiger partial charge in [0.05, 0.1) is 13.7 Å². The van der Waals surface area contributed by atoms with Crippen molar-refractivity contribution in [2.75, 3.05) is 13.7 Å². The van der Waals surface area contributed by atoms with Gasteiger partial charge in [-0.05, 0) is 68.7 Å². The van der Waals surface area contributed by atoms with Gasteiger partial charge in [0.15, 0.2) is 0 Å². The fourth-order valence-corrected chi connectivity index (χ4v) is 3.48. The van der Waals surface area contributed by atoms with Gasteiger partial charge in [-0.15, -0.1) is 0 Å². The van der Waals surface area contributed by atoms with E-state index >= 15 is 0 Å². The summed E-state index contributed by atoms with van der Waals surface area (Å²) >= 11 is 5.89. The van der Waals surface area contributed by atoms with Gasteiger partial charge in [-0.2, -0.15) is 0 Å². The van der Waals surface area contributed by atoms with E-state index in [0.717, 1.165) is 5.56 Å². The Morgan fingerprint density at radius 2 is 1.81 bits per heavy atom. The molecule has 2 amide bonds. The molecule has 0 aliphatic heterocycles. The molecule has 7 heteroatoms. The first-order chi connectivity index (χ1) is 15.3. The van der Waals surface area contributed by atoms with E-state index in [1.54, 1.807) is 36.3 Å². The predicted octanol–water partition coefficient (Wildman–Crippen LogP) is 4.84. The molecule has 0 aromatic heterocycles. The molecule has 0 radical (unpaired) electrons. The highest BCUT2D eigenvalue weighted by Gasteiger charge is 2.28. The van der Waals surface area contributed by atoms with Crippen LogP contribution in [0.3, 0.4) is 0 Å². The second kappa shape index (κ2) is 13.0. The SMILES string of the molecule is CC[C@H](C(=O)NC(C)C)N(Cc1cccc(OC)c1)C(=O)CCCOc1ccc(Cl)cc1. The highest BCUT2D eigenvalue weighted by molar-refractivity contribution is 6.30. The van der Waals surface area contributed by atoms with Gasteiger partial charge in [0.1, 0.15) is 17.5 Å². The summed E-state index contributed by atoms with van der Waals surface area (Å²) in [5.74, 6) is 1.19.